The van der Waals surface area contributed by atoms with Crippen LogP contribution in [-0.4, -0.2) is 15.2 Å². The van der Waals surface area contributed by atoms with Crippen molar-refractivity contribution < 1.29 is 9.63 Å². The lowest BCUT2D eigenvalue weighted by Crippen LogP contribution is -1.92. The maximum absolute atomic E-state index is 9.34. The number of benzene rings is 1. The van der Waals surface area contributed by atoms with Gasteiger partial charge in [0.25, 0.3) is 0 Å². The summed E-state index contributed by atoms with van der Waals surface area (Å²) in [5.74, 6) is 2.38. The molecule has 0 radical (unpaired) electrons. The van der Waals surface area contributed by atoms with E-state index in [1.54, 1.807) is 12.1 Å². The summed E-state index contributed by atoms with van der Waals surface area (Å²) in [6, 6.07) is 7.26. The van der Waals surface area contributed by atoms with Gasteiger partial charge in [-0.2, -0.15) is 4.98 Å². The maximum Gasteiger partial charge on any atom is 0.226 e. The Balaban J connectivity index is 1.62. The lowest BCUT2D eigenvalue weighted by molar-refractivity contribution is 0.373. The molecule has 1 aliphatic rings. The Bertz CT molecular complexity index is 518. The van der Waals surface area contributed by atoms with Crippen molar-refractivity contribution in [3.8, 4) is 5.75 Å². The molecule has 1 fully saturated rings. The first-order chi connectivity index (χ1) is 8.31. The van der Waals surface area contributed by atoms with Crippen molar-refractivity contribution in [2.75, 3.05) is 0 Å². The number of aryl methyl sites for hydroxylation is 2. The quantitative estimate of drug-likeness (QED) is 0.876. The molecule has 17 heavy (non-hydrogen) atoms. The van der Waals surface area contributed by atoms with Crippen molar-refractivity contribution in [3.05, 3.63) is 41.5 Å². The second kappa shape index (κ2) is 4.20. The summed E-state index contributed by atoms with van der Waals surface area (Å²) < 4.78 is 5.19. The number of aromatic hydroxyl groups is 1. The summed E-state index contributed by atoms with van der Waals surface area (Å²) in [5, 5.41) is 13.3. The van der Waals surface area contributed by atoms with Crippen LogP contribution in [0.25, 0.3) is 0 Å². The zero-order chi connectivity index (χ0) is 11.7. The van der Waals surface area contributed by atoms with Crippen LogP contribution in [0.2, 0.25) is 0 Å². The summed E-state index contributed by atoms with van der Waals surface area (Å²) in [6.45, 7) is 0. The van der Waals surface area contributed by atoms with Gasteiger partial charge in [0.05, 0.1) is 0 Å². The van der Waals surface area contributed by atoms with E-state index in [0.717, 1.165) is 24.2 Å². The van der Waals surface area contributed by atoms with E-state index >= 15 is 0 Å². The number of phenols is 1. The first-order valence-corrected chi connectivity index (χ1v) is 5.91. The van der Waals surface area contributed by atoms with Gasteiger partial charge in [0.15, 0.2) is 5.82 Å². The molecule has 3 rings (SSSR count). The predicted molar refractivity (Wildman–Crippen MR) is 61.8 cm³/mol. The molecule has 1 aromatic carbocycles. The smallest absolute Gasteiger partial charge is 0.226 e. The molecule has 0 aliphatic heterocycles. The number of aromatic nitrogens is 2. The van der Waals surface area contributed by atoms with Gasteiger partial charge in [-0.05, 0) is 37.0 Å². The van der Waals surface area contributed by atoms with Gasteiger partial charge >= 0.3 is 0 Å². The fourth-order valence-corrected chi connectivity index (χ4v) is 1.84. The number of hydrogen-bond acceptors (Lipinski definition) is 4. The van der Waals surface area contributed by atoms with Gasteiger partial charge in [0, 0.05) is 12.3 Å². The summed E-state index contributed by atoms with van der Waals surface area (Å²) in [5.41, 5.74) is 1.08. The zero-order valence-corrected chi connectivity index (χ0v) is 9.47. The molecular weight excluding hydrogens is 216 g/mol. The van der Waals surface area contributed by atoms with Crippen molar-refractivity contribution in [1.82, 2.24) is 10.1 Å². The van der Waals surface area contributed by atoms with E-state index in [4.69, 9.17) is 4.52 Å². The molecule has 0 bridgehead atoms. The molecular formula is C13H14N2O2. The molecule has 1 aliphatic carbocycles. The van der Waals surface area contributed by atoms with Gasteiger partial charge in [-0.3, -0.25) is 0 Å². The lowest BCUT2D eigenvalue weighted by atomic mass is 10.1. The van der Waals surface area contributed by atoms with Gasteiger partial charge in [-0.15, -0.1) is 0 Å². The Kier molecular flexibility index (Phi) is 2.55. The minimum Gasteiger partial charge on any atom is -0.508 e. The maximum atomic E-state index is 9.34. The molecule has 1 saturated carbocycles. The van der Waals surface area contributed by atoms with Gasteiger partial charge in [0.2, 0.25) is 5.89 Å². The van der Waals surface area contributed by atoms with E-state index in [1.165, 1.54) is 12.8 Å². The second-order valence-electron chi connectivity index (χ2n) is 4.49. The van der Waals surface area contributed by atoms with E-state index in [9.17, 15) is 5.11 Å². The Hall–Kier alpha value is -1.84. The van der Waals surface area contributed by atoms with Crippen molar-refractivity contribution in [2.45, 2.75) is 31.6 Å². The van der Waals surface area contributed by atoms with Gasteiger partial charge < -0.3 is 9.63 Å². The molecule has 2 aromatic rings. The van der Waals surface area contributed by atoms with Crippen LogP contribution in [0.5, 0.6) is 5.75 Å². The molecule has 0 unspecified atom stereocenters. The predicted octanol–water partition coefficient (Wildman–Crippen LogP) is 2.44. The molecule has 88 valence electrons. The highest BCUT2D eigenvalue weighted by molar-refractivity contribution is 5.27. The van der Waals surface area contributed by atoms with Crippen LogP contribution in [0.15, 0.2) is 28.8 Å². The summed E-state index contributed by atoms with van der Waals surface area (Å²) in [7, 11) is 0. The second-order valence-corrected chi connectivity index (χ2v) is 4.49. The van der Waals surface area contributed by atoms with E-state index in [2.05, 4.69) is 10.1 Å². The highest BCUT2D eigenvalue weighted by Crippen LogP contribution is 2.38. The Morgan fingerprint density at radius 1 is 1.29 bits per heavy atom. The summed E-state index contributed by atoms with van der Waals surface area (Å²) >= 11 is 0. The molecule has 4 heteroatoms. The van der Waals surface area contributed by atoms with Crippen molar-refractivity contribution in [2.24, 2.45) is 0 Å². The Morgan fingerprint density at radius 2 is 2.18 bits per heavy atom. The largest absolute Gasteiger partial charge is 0.508 e. The number of phenolic OH excluding ortho intramolecular Hbond substituents is 1. The number of hydrogen-bond donors (Lipinski definition) is 1. The van der Waals surface area contributed by atoms with E-state index in [-0.39, 0.29) is 0 Å². The molecule has 0 atom stereocenters. The van der Waals surface area contributed by atoms with Crippen LogP contribution in [0.3, 0.4) is 0 Å². The minimum atomic E-state index is 0.298. The third-order valence-corrected chi connectivity index (χ3v) is 2.96. The first kappa shape index (κ1) is 10.3. The van der Waals surface area contributed by atoms with Crippen LogP contribution in [0.1, 0.15) is 36.0 Å². The molecule has 0 saturated heterocycles. The fraction of sp³-hybridized carbons (Fsp3) is 0.385. The van der Waals surface area contributed by atoms with Gasteiger partial charge in [0.1, 0.15) is 5.75 Å². The molecule has 1 heterocycles. The van der Waals surface area contributed by atoms with E-state index in [1.807, 2.05) is 12.1 Å². The fourth-order valence-electron chi connectivity index (χ4n) is 1.84. The SMILES string of the molecule is Oc1cccc(CCc2nc(C3CC3)no2)c1. The third-order valence-electron chi connectivity index (χ3n) is 2.96. The van der Waals surface area contributed by atoms with Crippen LogP contribution < -0.4 is 0 Å². The van der Waals surface area contributed by atoms with Crippen molar-refractivity contribution >= 4 is 0 Å². The molecule has 1 aromatic heterocycles. The van der Waals surface area contributed by atoms with E-state index < -0.39 is 0 Å². The summed E-state index contributed by atoms with van der Waals surface area (Å²) in [4.78, 5) is 4.37. The standard InChI is InChI=1S/C13H14N2O2/c16-11-3-1-2-9(8-11)4-7-12-14-13(15-17-12)10-5-6-10/h1-3,8,10,16H,4-7H2. The third kappa shape index (κ3) is 2.46. The lowest BCUT2D eigenvalue weighted by Gasteiger charge is -1.98. The molecule has 1 N–H and O–H groups in total. The molecule has 0 amide bonds. The Labute approximate surface area is 99.3 Å². The van der Waals surface area contributed by atoms with Crippen molar-refractivity contribution in [3.63, 3.8) is 0 Å². The van der Waals surface area contributed by atoms with Crippen molar-refractivity contribution in [1.29, 1.82) is 0 Å². The summed E-state index contributed by atoms with van der Waals surface area (Å²) in [6.07, 6.45) is 3.90. The number of nitrogens with zero attached hydrogens (tertiary/aromatic N) is 2. The minimum absolute atomic E-state index is 0.298. The average Bonchev–Trinajstić information content (AvgIpc) is 3.07. The normalized spacial score (nSPS) is 15.1. The van der Waals surface area contributed by atoms with Crippen LogP contribution in [-0.2, 0) is 12.8 Å². The zero-order valence-electron chi connectivity index (χ0n) is 9.47. The van der Waals surface area contributed by atoms with Crippen LogP contribution in [0, 0.1) is 0 Å². The highest BCUT2D eigenvalue weighted by Gasteiger charge is 2.28. The molecule has 4 nitrogen and oxygen atoms in total. The topological polar surface area (TPSA) is 59.2 Å². The van der Waals surface area contributed by atoms with Gasteiger partial charge in [-0.1, -0.05) is 17.3 Å². The van der Waals surface area contributed by atoms with Gasteiger partial charge in [-0.25, -0.2) is 0 Å². The monoisotopic (exact) mass is 230 g/mol. The molecule has 0 spiro atoms. The highest BCUT2D eigenvalue weighted by atomic mass is 16.5. The Morgan fingerprint density at radius 3 is 2.94 bits per heavy atom. The number of rotatable bonds is 4. The average molecular weight is 230 g/mol. The van der Waals surface area contributed by atoms with Crippen LogP contribution >= 0.6 is 0 Å². The van der Waals surface area contributed by atoms with Crippen LogP contribution in [0.4, 0.5) is 0 Å². The first-order valence-electron chi connectivity index (χ1n) is 5.91. The van der Waals surface area contributed by atoms with E-state index in [0.29, 0.717) is 17.6 Å².